The maximum absolute atomic E-state index is 10.6. The third-order valence-corrected chi connectivity index (χ3v) is 6.05. The van der Waals surface area contributed by atoms with Crippen LogP contribution < -0.4 is 0 Å². The molecule has 3 aliphatic rings. The van der Waals surface area contributed by atoms with Crippen LogP contribution in [-0.2, 0) is 23.7 Å². The number of ether oxygens (including phenoxy) is 5. The van der Waals surface area contributed by atoms with Gasteiger partial charge in [0, 0.05) is 0 Å². The van der Waals surface area contributed by atoms with Crippen molar-refractivity contribution in [2.24, 2.45) is 0 Å². The highest BCUT2D eigenvalue weighted by molar-refractivity contribution is 4.95. The molecule has 3 rings (SSSR count). The number of hydrogen-bond acceptors (Lipinski definition) is 15. The summed E-state index contributed by atoms with van der Waals surface area (Å²) >= 11 is 0. The largest absolute Gasteiger partial charge is 0.394 e. The van der Waals surface area contributed by atoms with E-state index in [1.54, 1.807) is 0 Å². The van der Waals surface area contributed by atoms with E-state index in [2.05, 4.69) is 0 Å². The van der Waals surface area contributed by atoms with Gasteiger partial charge in [0.25, 0.3) is 0 Å². The first-order chi connectivity index (χ1) is 15.5. The fourth-order valence-electron chi connectivity index (χ4n) is 4.02. The molecule has 33 heavy (non-hydrogen) atoms. The summed E-state index contributed by atoms with van der Waals surface area (Å²) in [6.45, 7) is 0.00827. The van der Waals surface area contributed by atoms with Crippen molar-refractivity contribution in [3.05, 3.63) is 0 Å². The molecule has 3 unspecified atom stereocenters. The van der Waals surface area contributed by atoms with Crippen LogP contribution in [-0.4, -0.2) is 156 Å². The van der Waals surface area contributed by atoms with Gasteiger partial charge in [-0.1, -0.05) is 0 Å². The lowest BCUT2D eigenvalue weighted by Gasteiger charge is -2.47. The van der Waals surface area contributed by atoms with E-state index < -0.39 is 105 Å². The van der Waals surface area contributed by atoms with E-state index in [4.69, 9.17) is 23.7 Å². The first-order valence-electron chi connectivity index (χ1n) is 10.4. The van der Waals surface area contributed by atoms with Gasteiger partial charge in [0.15, 0.2) is 18.9 Å². The van der Waals surface area contributed by atoms with Crippen molar-refractivity contribution in [3.63, 3.8) is 0 Å². The van der Waals surface area contributed by atoms with Crippen LogP contribution in [0.2, 0.25) is 0 Å². The Morgan fingerprint density at radius 3 is 1.67 bits per heavy atom. The molecule has 0 aromatic carbocycles. The predicted octanol–water partition coefficient (Wildman–Crippen LogP) is -6.55. The van der Waals surface area contributed by atoms with Gasteiger partial charge in [-0.15, -0.1) is 0 Å². The van der Waals surface area contributed by atoms with Crippen LogP contribution in [0.1, 0.15) is 6.92 Å². The number of aliphatic hydroxyl groups is 10. The van der Waals surface area contributed by atoms with Crippen molar-refractivity contribution in [2.45, 2.75) is 99.0 Å². The van der Waals surface area contributed by atoms with Crippen LogP contribution >= 0.6 is 0 Å². The summed E-state index contributed by atoms with van der Waals surface area (Å²) in [4.78, 5) is 0. The van der Waals surface area contributed by atoms with Gasteiger partial charge in [0.2, 0.25) is 0 Å². The van der Waals surface area contributed by atoms with E-state index >= 15 is 0 Å². The smallest absolute Gasteiger partial charge is 0.187 e. The summed E-state index contributed by atoms with van der Waals surface area (Å²) in [5.74, 6) is 0. The van der Waals surface area contributed by atoms with Gasteiger partial charge >= 0.3 is 0 Å². The number of rotatable bonds is 6. The zero-order valence-corrected chi connectivity index (χ0v) is 17.6. The Morgan fingerprint density at radius 2 is 1.06 bits per heavy atom. The van der Waals surface area contributed by atoms with E-state index in [1.165, 1.54) is 6.92 Å². The summed E-state index contributed by atoms with van der Waals surface area (Å²) in [5, 5.41) is 99.5. The molecular formula is C18H32O15. The van der Waals surface area contributed by atoms with Crippen molar-refractivity contribution in [2.75, 3.05) is 13.2 Å². The summed E-state index contributed by atoms with van der Waals surface area (Å²) in [5.41, 5.74) is 0. The highest BCUT2D eigenvalue weighted by atomic mass is 16.7. The lowest BCUT2D eigenvalue weighted by molar-refractivity contribution is -0.374. The van der Waals surface area contributed by atoms with Crippen LogP contribution in [0, 0.1) is 0 Å². The zero-order valence-electron chi connectivity index (χ0n) is 17.6. The molecule has 0 amide bonds. The monoisotopic (exact) mass is 488 g/mol. The summed E-state index contributed by atoms with van der Waals surface area (Å²) in [6.07, 6.45) is -23.5. The predicted molar refractivity (Wildman–Crippen MR) is 99.8 cm³/mol. The molecule has 0 saturated carbocycles. The molecular weight excluding hydrogens is 456 g/mol. The molecule has 0 aromatic heterocycles. The van der Waals surface area contributed by atoms with Gasteiger partial charge in [0.05, 0.1) is 19.3 Å². The molecule has 0 spiro atoms. The lowest BCUT2D eigenvalue weighted by atomic mass is 9.96. The molecule has 0 aromatic rings. The van der Waals surface area contributed by atoms with Crippen molar-refractivity contribution >= 4 is 0 Å². The average molecular weight is 488 g/mol. The Morgan fingerprint density at radius 1 is 0.545 bits per heavy atom. The highest BCUT2D eigenvalue weighted by Gasteiger charge is 2.52. The maximum atomic E-state index is 10.6. The van der Waals surface area contributed by atoms with E-state index in [-0.39, 0.29) is 0 Å². The van der Waals surface area contributed by atoms with E-state index in [0.29, 0.717) is 0 Å². The zero-order chi connectivity index (χ0) is 24.6. The number of aliphatic hydroxyl groups excluding tert-OH is 10. The second-order valence-corrected chi connectivity index (χ2v) is 8.32. The summed E-state index contributed by atoms with van der Waals surface area (Å²) in [6, 6.07) is 0. The third kappa shape index (κ3) is 5.32. The van der Waals surface area contributed by atoms with Gasteiger partial charge < -0.3 is 74.7 Å². The lowest BCUT2D eigenvalue weighted by Crippen LogP contribution is -2.65. The molecule has 15 nitrogen and oxygen atoms in total. The van der Waals surface area contributed by atoms with Gasteiger partial charge in [0.1, 0.15) is 67.1 Å². The molecule has 3 heterocycles. The highest BCUT2D eigenvalue weighted by Crippen LogP contribution is 2.31. The first-order valence-corrected chi connectivity index (χ1v) is 10.4. The van der Waals surface area contributed by atoms with Crippen molar-refractivity contribution in [1.82, 2.24) is 0 Å². The minimum atomic E-state index is -1.82. The molecule has 0 aliphatic carbocycles. The molecule has 15 heteroatoms. The minimum absolute atomic E-state index is 0.695. The van der Waals surface area contributed by atoms with E-state index in [1.807, 2.05) is 0 Å². The molecule has 0 bridgehead atoms. The van der Waals surface area contributed by atoms with Crippen LogP contribution in [0.5, 0.6) is 0 Å². The molecule has 15 atom stereocenters. The maximum Gasteiger partial charge on any atom is 0.187 e. The molecule has 0 radical (unpaired) electrons. The normalized spacial score (nSPS) is 53.7. The van der Waals surface area contributed by atoms with Crippen LogP contribution in [0.3, 0.4) is 0 Å². The van der Waals surface area contributed by atoms with Crippen LogP contribution in [0.4, 0.5) is 0 Å². The fraction of sp³-hybridized carbons (Fsp3) is 1.00. The standard InChI is InChI=1S/C18H32O15/c1-4-14(32-18-11(25)9(23)7(21)5(2-19)31-18)10(24)12(26)17(29-4)33-15-8(22)6(3-20)30-16(28)13(15)27/h4-28H,2-3H2,1H3/t4-,5+,6+,7+,8-,9-,10-,11-,12+,13+,14-,15-,16?,17?,18?/m0/s1. The Labute approximate surface area is 187 Å². The van der Waals surface area contributed by atoms with Crippen molar-refractivity contribution in [3.8, 4) is 0 Å². The SMILES string of the molecule is C[C@@H]1OC(O[C@H]2[C@@H](O)[C@@H](CO)OC(O)[C@@H]2O)[C@H](O)[C@H](O)[C@H]1OC1O[C@H](CO)[C@@H](O)[C@H](O)[C@@H]1O. The second-order valence-electron chi connectivity index (χ2n) is 8.32. The summed E-state index contributed by atoms with van der Waals surface area (Å²) < 4.78 is 26.5. The molecule has 194 valence electrons. The van der Waals surface area contributed by atoms with Gasteiger partial charge in [-0.3, -0.25) is 0 Å². The van der Waals surface area contributed by atoms with E-state index in [9.17, 15) is 51.1 Å². The molecule has 10 N–H and O–H groups in total. The topological polar surface area (TPSA) is 248 Å². The summed E-state index contributed by atoms with van der Waals surface area (Å²) in [7, 11) is 0. The van der Waals surface area contributed by atoms with Gasteiger partial charge in [-0.2, -0.15) is 0 Å². The molecule has 3 saturated heterocycles. The van der Waals surface area contributed by atoms with Crippen molar-refractivity contribution < 1.29 is 74.7 Å². The van der Waals surface area contributed by atoms with Crippen molar-refractivity contribution in [1.29, 1.82) is 0 Å². The molecule has 3 aliphatic heterocycles. The van der Waals surface area contributed by atoms with E-state index in [0.717, 1.165) is 0 Å². The Balaban J connectivity index is 1.67. The quantitative estimate of drug-likeness (QED) is 0.167. The van der Waals surface area contributed by atoms with Crippen LogP contribution in [0.25, 0.3) is 0 Å². The fourth-order valence-corrected chi connectivity index (χ4v) is 4.02. The number of hydrogen-bond donors (Lipinski definition) is 10. The van der Waals surface area contributed by atoms with Gasteiger partial charge in [-0.05, 0) is 6.92 Å². The first kappa shape index (κ1) is 27.0. The molecule has 3 fully saturated rings. The Hall–Kier alpha value is -0.600. The minimum Gasteiger partial charge on any atom is -0.394 e. The Bertz CT molecular complexity index is 624. The third-order valence-electron chi connectivity index (χ3n) is 6.05. The van der Waals surface area contributed by atoms with Crippen LogP contribution in [0.15, 0.2) is 0 Å². The Kier molecular flexibility index (Phi) is 8.99. The van der Waals surface area contributed by atoms with Gasteiger partial charge in [-0.25, -0.2) is 0 Å². The average Bonchev–Trinajstić information content (AvgIpc) is 2.79. The second kappa shape index (κ2) is 11.0.